The highest BCUT2D eigenvalue weighted by atomic mass is 79.9. The molecule has 4 heteroatoms. The minimum Gasteiger partial charge on any atom is -0.387 e. The van der Waals surface area contributed by atoms with E-state index in [-0.39, 0.29) is 0 Å². The van der Waals surface area contributed by atoms with Crippen molar-refractivity contribution in [3.05, 3.63) is 28.5 Å². The van der Waals surface area contributed by atoms with E-state index in [2.05, 4.69) is 27.0 Å². The fourth-order valence-electron chi connectivity index (χ4n) is 1.90. The van der Waals surface area contributed by atoms with Gasteiger partial charge in [0.25, 0.3) is 0 Å². The number of halogens is 1. The van der Waals surface area contributed by atoms with Crippen LogP contribution in [-0.2, 0) is 0 Å². The molecule has 1 aromatic rings. The summed E-state index contributed by atoms with van der Waals surface area (Å²) in [5, 5.41) is 19.2. The third kappa shape index (κ3) is 1.77. The molecule has 1 aliphatic carbocycles. The molecule has 0 aromatic carbocycles. The van der Waals surface area contributed by atoms with Crippen LogP contribution in [0, 0.1) is 16.7 Å². The van der Waals surface area contributed by atoms with Crippen LogP contribution < -0.4 is 0 Å². The van der Waals surface area contributed by atoms with Gasteiger partial charge in [0.2, 0.25) is 0 Å². The molecule has 0 spiro atoms. The molecule has 0 radical (unpaired) electrons. The van der Waals surface area contributed by atoms with Crippen molar-refractivity contribution in [2.75, 3.05) is 0 Å². The van der Waals surface area contributed by atoms with Crippen LogP contribution in [0.15, 0.2) is 22.9 Å². The molecule has 0 bridgehead atoms. The normalized spacial score (nSPS) is 20.1. The zero-order valence-electron chi connectivity index (χ0n) is 8.15. The molecule has 15 heavy (non-hydrogen) atoms. The van der Waals surface area contributed by atoms with Gasteiger partial charge in [-0.3, -0.25) is 4.98 Å². The molecular formula is C11H11BrN2O. The summed E-state index contributed by atoms with van der Waals surface area (Å²) < 4.78 is 0.825. The summed E-state index contributed by atoms with van der Waals surface area (Å²) in [6.07, 6.45) is 5.13. The predicted octanol–water partition coefficient (Wildman–Crippen LogP) is 2.57. The predicted molar refractivity (Wildman–Crippen MR) is 58.8 cm³/mol. The summed E-state index contributed by atoms with van der Waals surface area (Å²) >= 11 is 3.30. The Labute approximate surface area is 96.9 Å². The second kappa shape index (κ2) is 3.92. The molecule has 0 amide bonds. The Bertz CT molecular complexity index is 409. The zero-order valence-corrected chi connectivity index (χ0v) is 9.74. The molecule has 1 atom stereocenters. The molecular weight excluding hydrogens is 256 g/mol. The molecule has 0 saturated heterocycles. The lowest BCUT2D eigenvalue weighted by Crippen LogP contribution is -2.34. The van der Waals surface area contributed by atoms with Crippen molar-refractivity contribution in [1.29, 1.82) is 5.26 Å². The van der Waals surface area contributed by atoms with Crippen LogP contribution >= 0.6 is 15.9 Å². The third-order valence-corrected chi connectivity index (χ3v) is 3.47. The first-order valence-electron chi connectivity index (χ1n) is 4.88. The Hall–Kier alpha value is -0.920. The molecule has 2 rings (SSSR count). The zero-order chi connectivity index (χ0) is 10.9. The van der Waals surface area contributed by atoms with Gasteiger partial charge in [0.1, 0.15) is 0 Å². The van der Waals surface area contributed by atoms with E-state index in [4.69, 9.17) is 5.26 Å². The van der Waals surface area contributed by atoms with Gasteiger partial charge in [-0.15, -0.1) is 0 Å². The molecule has 1 saturated carbocycles. The van der Waals surface area contributed by atoms with Gasteiger partial charge < -0.3 is 5.11 Å². The topological polar surface area (TPSA) is 56.9 Å². The number of hydrogen-bond donors (Lipinski definition) is 1. The molecule has 3 nitrogen and oxygen atoms in total. The number of pyridine rings is 1. The maximum atomic E-state index is 10.1. The van der Waals surface area contributed by atoms with Crippen LogP contribution in [0.5, 0.6) is 0 Å². The average Bonchev–Trinajstić information content (AvgIpc) is 2.17. The summed E-state index contributed by atoms with van der Waals surface area (Å²) in [7, 11) is 0. The second-order valence-corrected chi connectivity index (χ2v) is 4.88. The third-order valence-electron chi connectivity index (χ3n) is 3.03. The number of aromatic nitrogens is 1. The van der Waals surface area contributed by atoms with Gasteiger partial charge in [-0.2, -0.15) is 5.26 Å². The summed E-state index contributed by atoms with van der Waals surface area (Å²) in [6, 6.07) is 4.05. The molecule has 78 valence electrons. The van der Waals surface area contributed by atoms with E-state index < -0.39 is 11.5 Å². The van der Waals surface area contributed by atoms with Crippen LogP contribution in [0.2, 0.25) is 0 Å². The molecule has 1 unspecified atom stereocenters. The minimum atomic E-state index is -0.721. The van der Waals surface area contributed by atoms with Crippen molar-refractivity contribution in [3.8, 4) is 6.07 Å². The molecule has 1 aliphatic rings. The second-order valence-electron chi connectivity index (χ2n) is 3.96. The van der Waals surface area contributed by atoms with E-state index in [1.165, 1.54) is 0 Å². The fourth-order valence-corrected chi connectivity index (χ4v) is 2.28. The lowest BCUT2D eigenvalue weighted by molar-refractivity contribution is 0.00769. The number of nitriles is 1. The van der Waals surface area contributed by atoms with E-state index >= 15 is 0 Å². The average molecular weight is 267 g/mol. The van der Waals surface area contributed by atoms with Gasteiger partial charge in [-0.25, -0.2) is 0 Å². The van der Waals surface area contributed by atoms with E-state index in [0.29, 0.717) is 5.56 Å². The molecule has 0 aliphatic heterocycles. The smallest absolute Gasteiger partial charge is 0.0991 e. The lowest BCUT2D eigenvalue weighted by atomic mass is 9.65. The maximum absolute atomic E-state index is 10.1. The minimum absolute atomic E-state index is 0.581. The Balaban J connectivity index is 2.28. The highest BCUT2D eigenvalue weighted by Gasteiger charge is 2.44. The number of aliphatic hydroxyl groups is 1. The number of rotatable bonds is 2. The van der Waals surface area contributed by atoms with Crippen molar-refractivity contribution in [2.24, 2.45) is 5.41 Å². The number of aliphatic hydroxyl groups excluding tert-OH is 1. The first-order valence-corrected chi connectivity index (χ1v) is 5.67. The Morgan fingerprint density at radius 2 is 2.27 bits per heavy atom. The Kier molecular flexibility index (Phi) is 2.76. The largest absolute Gasteiger partial charge is 0.387 e. The molecule has 1 aromatic heterocycles. The maximum Gasteiger partial charge on any atom is 0.0991 e. The van der Waals surface area contributed by atoms with Crippen LogP contribution in [-0.4, -0.2) is 10.1 Å². The molecule has 1 N–H and O–H groups in total. The highest BCUT2D eigenvalue weighted by Crippen LogP contribution is 2.49. The number of nitrogens with zero attached hydrogens (tertiary/aromatic N) is 2. The van der Waals surface area contributed by atoms with Gasteiger partial charge in [0, 0.05) is 22.4 Å². The van der Waals surface area contributed by atoms with E-state index in [9.17, 15) is 5.11 Å². The summed E-state index contributed by atoms with van der Waals surface area (Å²) in [6.45, 7) is 0. The van der Waals surface area contributed by atoms with Crippen LogP contribution in [0.4, 0.5) is 0 Å². The van der Waals surface area contributed by atoms with Gasteiger partial charge >= 0.3 is 0 Å². The highest BCUT2D eigenvalue weighted by molar-refractivity contribution is 9.10. The van der Waals surface area contributed by atoms with Crippen molar-refractivity contribution < 1.29 is 5.11 Å². The van der Waals surface area contributed by atoms with Crippen molar-refractivity contribution >= 4 is 15.9 Å². The Morgan fingerprint density at radius 1 is 1.53 bits per heavy atom. The fraction of sp³-hybridized carbons (Fsp3) is 0.455. The van der Waals surface area contributed by atoms with Crippen molar-refractivity contribution in [1.82, 2.24) is 4.98 Å². The van der Waals surface area contributed by atoms with Crippen LogP contribution in [0.1, 0.15) is 30.9 Å². The van der Waals surface area contributed by atoms with Crippen molar-refractivity contribution in [2.45, 2.75) is 25.4 Å². The molecule has 1 fully saturated rings. The van der Waals surface area contributed by atoms with E-state index in [0.717, 1.165) is 23.7 Å². The van der Waals surface area contributed by atoms with Crippen LogP contribution in [0.25, 0.3) is 0 Å². The standard InChI is InChI=1S/C11H11BrN2O/c12-9-4-8(5-14-6-9)10(15)11(7-13)2-1-3-11/h4-6,10,15H,1-3H2. The van der Waals surface area contributed by atoms with Gasteiger partial charge in [-0.05, 0) is 34.8 Å². The first-order chi connectivity index (χ1) is 7.18. The van der Waals surface area contributed by atoms with Gasteiger partial charge in [-0.1, -0.05) is 6.42 Å². The van der Waals surface area contributed by atoms with Gasteiger partial charge in [0.05, 0.1) is 17.6 Å². The monoisotopic (exact) mass is 266 g/mol. The molecule has 1 heterocycles. The SMILES string of the molecule is N#CC1(C(O)c2cncc(Br)c2)CCC1. The summed E-state index contributed by atoms with van der Waals surface area (Å²) in [4.78, 5) is 4.00. The van der Waals surface area contributed by atoms with Crippen LogP contribution in [0.3, 0.4) is 0 Å². The first kappa shape index (κ1) is 10.6. The van der Waals surface area contributed by atoms with E-state index in [1.807, 2.05) is 6.07 Å². The summed E-state index contributed by atoms with van der Waals surface area (Å²) in [5.41, 5.74) is 0.133. The lowest BCUT2D eigenvalue weighted by Gasteiger charge is -2.39. The van der Waals surface area contributed by atoms with E-state index in [1.54, 1.807) is 12.4 Å². The van der Waals surface area contributed by atoms with Crippen molar-refractivity contribution in [3.63, 3.8) is 0 Å². The number of hydrogen-bond acceptors (Lipinski definition) is 3. The van der Waals surface area contributed by atoms with Gasteiger partial charge in [0.15, 0.2) is 0 Å². The quantitative estimate of drug-likeness (QED) is 0.895. The summed E-state index contributed by atoms with van der Waals surface area (Å²) in [5.74, 6) is 0. The Morgan fingerprint density at radius 3 is 2.73 bits per heavy atom.